The van der Waals surface area contributed by atoms with Crippen molar-refractivity contribution in [2.75, 3.05) is 19.8 Å². The molecule has 1 unspecified atom stereocenters. The highest BCUT2D eigenvalue weighted by Gasteiger charge is 2.11. The maximum Gasteiger partial charge on any atom is 0.124 e. The Hall–Kier alpha value is -1.06. The molecule has 0 saturated heterocycles. The second-order valence-electron chi connectivity index (χ2n) is 5.49. The molecule has 1 N–H and O–H groups in total. The van der Waals surface area contributed by atoms with Crippen LogP contribution in [0.4, 0.5) is 0 Å². The molecule has 0 aliphatic rings. The first kappa shape index (κ1) is 17.0. The fraction of sp³-hybridized carbons (Fsp3) is 0.647. The van der Waals surface area contributed by atoms with Gasteiger partial charge in [0.05, 0.1) is 12.7 Å². The van der Waals surface area contributed by atoms with Gasteiger partial charge in [0.2, 0.25) is 0 Å². The van der Waals surface area contributed by atoms with Gasteiger partial charge in [-0.05, 0) is 52.3 Å². The van der Waals surface area contributed by atoms with E-state index in [1.54, 1.807) is 0 Å². The molecule has 3 nitrogen and oxygen atoms in total. The molecule has 0 spiro atoms. The van der Waals surface area contributed by atoms with Gasteiger partial charge in [0.15, 0.2) is 0 Å². The zero-order valence-electron chi connectivity index (χ0n) is 13.5. The van der Waals surface area contributed by atoms with Crippen LogP contribution < -0.4 is 10.1 Å². The van der Waals surface area contributed by atoms with Crippen molar-refractivity contribution >= 4 is 0 Å². The van der Waals surface area contributed by atoms with E-state index in [1.807, 2.05) is 13.8 Å². The molecule has 3 heteroatoms. The predicted octanol–water partition coefficient (Wildman–Crippen LogP) is 3.86. The highest BCUT2D eigenvalue weighted by molar-refractivity contribution is 5.39. The van der Waals surface area contributed by atoms with E-state index in [0.29, 0.717) is 19.3 Å². The Bertz CT molecular complexity index is 391. The van der Waals surface area contributed by atoms with E-state index in [2.05, 4.69) is 44.3 Å². The van der Waals surface area contributed by atoms with E-state index >= 15 is 0 Å². The number of nitrogens with one attached hydrogen (secondary N) is 1. The van der Waals surface area contributed by atoms with Crippen molar-refractivity contribution in [2.45, 2.75) is 53.2 Å². The summed E-state index contributed by atoms with van der Waals surface area (Å²) in [5.41, 5.74) is 2.44. The summed E-state index contributed by atoms with van der Waals surface area (Å²) >= 11 is 0. The van der Waals surface area contributed by atoms with Gasteiger partial charge < -0.3 is 14.8 Å². The van der Waals surface area contributed by atoms with Crippen LogP contribution in [0.15, 0.2) is 18.2 Å². The van der Waals surface area contributed by atoms with Crippen LogP contribution in [0.1, 0.15) is 51.3 Å². The van der Waals surface area contributed by atoms with Crippen LogP contribution in [-0.2, 0) is 4.74 Å². The fourth-order valence-corrected chi connectivity index (χ4v) is 2.03. The van der Waals surface area contributed by atoms with Crippen LogP contribution in [0, 0.1) is 6.92 Å². The third kappa shape index (κ3) is 5.93. The van der Waals surface area contributed by atoms with Crippen molar-refractivity contribution in [1.82, 2.24) is 5.32 Å². The van der Waals surface area contributed by atoms with E-state index in [4.69, 9.17) is 9.47 Å². The molecule has 0 amide bonds. The smallest absolute Gasteiger partial charge is 0.124 e. The van der Waals surface area contributed by atoms with Crippen LogP contribution in [0.2, 0.25) is 0 Å². The van der Waals surface area contributed by atoms with Crippen LogP contribution in [0.5, 0.6) is 5.75 Å². The Morgan fingerprint density at radius 3 is 2.55 bits per heavy atom. The number of hydrogen-bond donors (Lipinski definition) is 1. The number of aryl methyl sites for hydroxylation is 1. The Morgan fingerprint density at radius 2 is 1.90 bits per heavy atom. The predicted molar refractivity (Wildman–Crippen MR) is 84.5 cm³/mol. The fourth-order valence-electron chi connectivity index (χ4n) is 2.03. The van der Waals surface area contributed by atoms with Gasteiger partial charge in [-0.1, -0.05) is 19.1 Å². The second kappa shape index (κ2) is 8.98. The van der Waals surface area contributed by atoms with Gasteiger partial charge in [0, 0.05) is 11.6 Å². The summed E-state index contributed by atoms with van der Waals surface area (Å²) in [5.74, 6) is 0.966. The Morgan fingerprint density at radius 1 is 1.15 bits per heavy atom. The summed E-state index contributed by atoms with van der Waals surface area (Å²) in [4.78, 5) is 0. The minimum atomic E-state index is 0.251. The third-order valence-corrected chi connectivity index (χ3v) is 3.13. The molecule has 20 heavy (non-hydrogen) atoms. The largest absolute Gasteiger partial charge is 0.491 e. The zero-order chi connectivity index (χ0) is 15.0. The van der Waals surface area contributed by atoms with E-state index in [0.717, 1.165) is 18.7 Å². The lowest BCUT2D eigenvalue weighted by molar-refractivity contribution is 0.0549. The molecular formula is C17H29NO2. The summed E-state index contributed by atoms with van der Waals surface area (Å²) in [6, 6.07) is 6.70. The standard InChI is InChI=1S/C17H29NO2/c1-6-9-18-15(5)16-8-7-14(4)12-17(16)20-11-10-19-13(2)3/h7-8,12-13,15,18H,6,9-11H2,1-5H3. The quantitative estimate of drug-likeness (QED) is 0.696. The third-order valence-electron chi connectivity index (χ3n) is 3.13. The maximum absolute atomic E-state index is 5.90. The van der Waals surface area contributed by atoms with Crippen molar-refractivity contribution < 1.29 is 9.47 Å². The van der Waals surface area contributed by atoms with E-state index in [1.165, 1.54) is 11.1 Å². The summed E-state index contributed by atoms with van der Waals surface area (Å²) < 4.78 is 11.4. The van der Waals surface area contributed by atoms with Crippen LogP contribution >= 0.6 is 0 Å². The lowest BCUT2D eigenvalue weighted by Gasteiger charge is -2.19. The average molecular weight is 279 g/mol. The first-order valence-corrected chi connectivity index (χ1v) is 7.63. The van der Waals surface area contributed by atoms with E-state index in [9.17, 15) is 0 Å². The van der Waals surface area contributed by atoms with Gasteiger partial charge in [-0.2, -0.15) is 0 Å². The van der Waals surface area contributed by atoms with Crippen molar-refractivity contribution in [3.8, 4) is 5.75 Å². The molecule has 0 saturated carbocycles. The van der Waals surface area contributed by atoms with Crippen molar-refractivity contribution in [1.29, 1.82) is 0 Å². The zero-order valence-corrected chi connectivity index (χ0v) is 13.5. The second-order valence-corrected chi connectivity index (χ2v) is 5.49. The monoisotopic (exact) mass is 279 g/mol. The Labute approximate surface area is 123 Å². The molecular weight excluding hydrogens is 250 g/mol. The minimum Gasteiger partial charge on any atom is -0.491 e. The number of hydrogen-bond acceptors (Lipinski definition) is 3. The van der Waals surface area contributed by atoms with Crippen LogP contribution in [-0.4, -0.2) is 25.9 Å². The van der Waals surface area contributed by atoms with Crippen molar-refractivity contribution in [2.24, 2.45) is 0 Å². The number of rotatable bonds is 9. The molecule has 0 heterocycles. The van der Waals surface area contributed by atoms with Crippen molar-refractivity contribution in [3.63, 3.8) is 0 Å². The van der Waals surface area contributed by atoms with Crippen molar-refractivity contribution in [3.05, 3.63) is 29.3 Å². The topological polar surface area (TPSA) is 30.5 Å². The first-order valence-electron chi connectivity index (χ1n) is 7.63. The van der Waals surface area contributed by atoms with Gasteiger partial charge in [0.25, 0.3) is 0 Å². The normalized spacial score (nSPS) is 12.7. The molecule has 0 bridgehead atoms. The summed E-state index contributed by atoms with van der Waals surface area (Å²) in [5, 5.41) is 3.51. The van der Waals surface area contributed by atoms with E-state index in [-0.39, 0.29) is 6.10 Å². The SMILES string of the molecule is CCCNC(C)c1ccc(C)cc1OCCOC(C)C. The lowest BCUT2D eigenvalue weighted by atomic mass is 10.0. The average Bonchev–Trinajstić information content (AvgIpc) is 2.41. The van der Waals surface area contributed by atoms with Gasteiger partial charge in [-0.15, -0.1) is 0 Å². The van der Waals surface area contributed by atoms with Crippen LogP contribution in [0.25, 0.3) is 0 Å². The molecule has 0 aliphatic heterocycles. The Balaban J connectivity index is 2.64. The highest BCUT2D eigenvalue weighted by Crippen LogP contribution is 2.26. The van der Waals surface area contributed by atoms with Gasteiger partial charge in [-0.3, -0.25) is 0 Å². The molecule has 1 aromatic rings. The summed E-state index contributed by atoms with van der Waals surface area (Å²) in [6.07, 6.45) is 1.38. The minimum absolute atomic E-state index is 0.251. The van der Waals surface area contributed by atoms with Gasteiger partial charge in [-0.25, -0.2) is 0 Å². The van der Waals surface area contributed by atoms with Gasteiger partial charge in [0.1, 0.15) is 12.4 Å². The molecule has 0 aliphatic carbocycles. The van der Waals surface area contributed by atoms with Gasteiger partial charge >= 0.3 is 0 Å². The summed E-state index contributed by atoms with van der Waals surface area (Å²) in [7, 11) is 0. The molecule has 1 aromatic carbocycles. The summed E-state index contributed by atoms with van der Waals surface area (Å²) in [6.45, 7) is 12.8. The molecule has 0 aromatic heterocycles. The lowest BCUT2D eigenvalue weighted by Crippen LogP contribution is -2.20. The Kier molecular flexibility index (Phi) is 7.63. The molecule has 1 rings (SSSR count). The number of benzene rings is 1. The first-order chi connectivity index (χ1) is 9.54. The van der Waals surface area contributed by atoms with Crippen LogP contribution in [0.3, 0.4) is 0 Å². The number of ether oxygens (including phenoxy) is 2. The highest BCUT2D eigenvalue weighted by atomic mass is 16.5. The molecule has 1 atom stereocenters. The molecule has 0 radical (unpaired) electrons. The molecule has 0 fully saturated rings. The maximum atomic E-state index is 5.90. The molecule has 114 valence electrons. The van der Waals surface area contributed by atoms with E-state index < -0.39 is 0 Å².